The Morgan fingerprint density at radius 1 is 1.20 bits per heavy atom. The van der Waals surface area contributed by atoms with E-state index < -0.39 is 48.0 Å². The zero-order valence-electron chi connectivity index (χ0n) is 16.5. The van der Waals surface area contributed by atoms with Crippen molar-refractivity contribution in [1.29, 1.82) is 0 Å². The summed E-state index contributed by atoms with van der Waals surface area (Å²) >= 11 is 0. The van der Waals surface area contributed by atoms with Crippen LogP contribution in [0.2, 0.25) is 0 Å². The summed E-state index contributed by atoms with van der Waals surface area (Å²) in [5.41, 5.74) is -0.151. The fourth-order valence-corrected chi connectivity index (χ4v) is 7.55. The van der Waals surface area contributed by atoms with E-state index in [-0.39, 0.29) is 23.2 Å². The van der Waals surface area contributed by atoms with Crippen LogP contribution in [-0.2, 0) is 19.7 Å². The molecular formula is C20H22FNO6S2. The third-order valence-corrected chi connectivity index (χ3v) is 8.81. The van der Waals surface area contributed by atoms with E-state index in [0.29, 0.717) is 11.4 Å². The number of nitrogens with one attached hydrogen (secondary N) is 1. The zero-order valence-corrected chi connectivity index (χ0v) is 18.1. The van der Waals surface area contributed by atoms with Gasteiger partial charge in [-0.15, -0.1) is 0 Å². The molecule has 2 aromatic carbocycles. The molecule has 0 spiro atoms. The minimum absolute atomic E-state index is 0.0243. The van der Waals surface area contributed by atoms with Gasteiger partial charge < -0.3 is 10.1 Å². The second-order valence-corrected chi connectivity index (χ2v) is 11.8. The largest absolute Gasteiger partial charge is 0.489 e. The lowest BCUT2D eigenvalue weighted by Gasteiger charge is -2.15. The Morgan fingerprint density at radius 2 is 1.90 bits per heavy atom. The first kappa shape index (κ1) is 22.2. The molecule has 1 heterocycles. The number of halogens is 1. The van der Waals surface area contributed by atoms with Crippen LogP contribution in [0.1, 0.15) is 30.6 Å². The van der Waals surface area contributed by atoms with Gasteiger partial charge in [-0.3, -0.25) is 4.79 Å². The molecule has 0 aromatic heterocycles. The van der Waals surface area contributed by atoms with Gasteiger partial charge in [0.25, 0.3) is 5.91 Å². The molecule has 2 aromatic rings. The highest BCUT2D eigenvalue weighted by molar-refractivity contribution is 7.96. The van der Waals surface area contributed by atoms with Gasteiger partial charge >= 0.3 is 0 Å². The maximum Gasteiger partial charge on any atom is 0.258 e. The van der Waals surface area contributed by atoms with E-state index in [0.717, 1.165) is 18.2 Å². The molecule has 1 aliphatic rings. The molecule has 0 bridgehead atoms. The lowest BCUT2D eigenvalue weighted by molar-refractivity contribution is 0.102. The van der Waals surface area contributed by atoms with Crippen LogP contribution < -0.4 is 10.1 Å². The van der Waals surface area contributed by atoms with Crippen molar-refractivity contribution in [1.82, 2.24) is 0 Å². The number of hydrogen-bond donors (Lipinski definition) is 1. The summed E-state index contributed by atoms with van der Waals surface area (Å²) in [6.07, 6.45) is -0.181. The van der Waals surface area contributed by atoms with Gasteiger partial charge in [0.1, 0.15) is 11.6 Å². The maximum atomic E-state index is 14.3. The SMILES string of the molecule is CC(C)Oc1ccccc1NC(=O)c1cc(S(=O)(=O)[C@H]2CCS(=O)(=O)C2)ccc1F. The zero-order chi connectivity index (χ0) is 22.1. The summed E-state index contributed by atoms with van der Waals surface area (Å²) in [5, 5.41) is 1.43. The van der Waals surface area contributed by atoms with Crippen molar-refractivity contribution >= 4 is 31.3 Å². The van der Waals surface area contributed by atoms with Gasteiger partial charge in [0, 0.05) is 0 Å². The van der Waals surface area contributed by atoms with Crippen molar-refractivity contribution in [3.8, 4) is 5.75 Å². The normalized spacial score (nSPS) is 18.3. The van der Waals surface area contributed by atoms with Gasteiger partial charge in [-0.05, 0) is 50.6 Å². The molecule has 30 heavy (non-hydrogen) atoms. The minimum Gasteiger partial charge on any atom is -0.489 e. The number of para-hydroxylation sites is 2. The Labute approximate surface area is 175 Å². The van der Waals surface area contributed by atoms with Crippen LogP contribution >= 0.6 is 0 Å². The van der Waals surface area contributed by atoms with Crippen LogP contribution in [0.4, 0.5) is 10.1 Å². The number of carbonyl (C=O) groups is 1. The number of sulfone groups is 2. The number of ether oxygens (including phenoxy) is 1. The molecule has 0 saturated carbocycles. The summed E-state index contributed by atoms with van der Waals surface area (Å²) in [6.45, 7) is 3.63. The van der Waals surface area contributed by atoms with Crippen molar-refractivity contribution in [2.45, 2.75) is 36.5 Å². The van der Waals surface area contributed by atoms with E-state index in [2.05, 4.69) is 5.32 Å². The third-order valence-electron chi connectivity index (χ3n) is 4.64. The van der Waals surface area contributed by atoms with Gasteiger partial charge in [0.2, 0.25) is 0 Å². The van der Waals surface area contributed by atoms with Crippen LogP contribution in [0.3, 0.4) is 0 Å². The Balaban J connectivity index is 1.90. The molecule has 0 unspecified atom stereocenters. The monoisotopic (exact) mass is 455 g/mol. The number of rotatable bonds is 6. The van der Waals surface area contributed by atoms with Gasteiger partial charge in [-0.2, -0.15) is 0 Å². The Kier molecular flexibility index (Phi) is 6.19. The number of anilines is 1. The lowest BCUT2D eigenvalue weighted by Crippen LogP contribution is -2.23. The van der Waals surface area contributed by atoms with Crippen molar-refractivity contribution in [2.75, 3.05) is 16.8 Å². The molecule has 1 N–H and O–H groups in total. The average molecular weight is 456 g/mol. The van der Waals surface area contributed by atoms with Crippen molar-refractivity contribution in [3.05, 3.63) is 53.8 Å². The van der Waals surface area contributed by atoms with Gasteiger partial charge in [-0.25, -0.2) is 21.2 Å². The van der Waals surface area contributed by atoms with E-state index in [4.69, 9.17) is 4.74 Å². The average Bonchev–Trinajstić information content (AvgIpc) is 3.03. The number of amides is 1. The summed E-state index contributed by atoms with van der Waals surface area (Å²) in [5.74, 6) is -2.04. The summed E-state index contributed by atoms with van der Waals surface area (Å²) in [4.78, 5) is 12.4. The van der Waals surface area contributed by atoms with Crippen molar-refractivity contribution in [2.24, 2.45) is 0 Å². The Hall–Kier alpha value is -2.46. The summed E-state index contributed by atoms with van der Waals surface area (Å²) in [6, 6.07) is 9.49. The van der Waals surface area contributed by atoms with Gasteiger partial charge in [0.15, 0.2) is 19.7 Å². The number of hydrogen-bond acceptors (Lipinski definition) is 6. The molecule has 10 heteroatoms. The molecule has 0 aliphatic carbocycles. The molecule has 0 radical (unpaired) electrons. The van der Waals surface area contributed by atoms with Crippen LogP contribution in [0.25, 0.3) is 0 Å². The second kappa shape index (κ2) is 8.35. The fraction of sp³-hybridized carbons (Fsp3) is 0.350. The van der Waals surface area contributed by atoms with Crippen LogP contribution in [0.15, 0.2) is 47.4 Å². The topological polar surface area (TPSA) is 107 Å². The van der Waals surface area contributed by atoms with E-state index in [1.54, 1.807) is 24.3 Å². The fourth-order valence-electron chi connectivity index (χ4n) is 3.17. The van der Waals surface area contributed by atoms with Gasteiger partial charge in [-0.1, -0.05) is 12.1 Å². The quantitative estimate of drug-likeness (QED) is 0.672. The van der Waals surface area contributed by atoms with E-state index >= 15 is 0 Å². The van der Waals surface area contributed by atoms with Crippen molar-refractivity contribution < 1.29 is 30.8 Å². The van der Waals surface area contributed by atoms with E-state index in [1.807, 2.05) is 13.8 Å². The number of benzene rings is 2. The smallest absolute Gasteiger partial charge is 0.258 e. The predicted molar refractivity (Wildman–Crippen MR) is 111 cm³/mol. The van der Waals surface area contributed by atoms with Crippen LogP contribution in [0, 0.1) is 5.82 Å². The number of carbonyl (C=O) groups excluding carboxylic acids is 1. The molecule has 1 fully saturated rings. The highest BCUT2D eigenvalue weighted by Crippen LogP contribution is 2.28. The Bertz CT molecular complexity index is 1180. The lowest BCUT2D eigenvalue weighted by atomic mass is 10.2. The van der Waals surface area contributed by atoms with Crippen molar-refractivity contribution in [3.63, 3.8) is 0 Å². The van der Waals surface area contributed by atoms with E-state index in [9.17, 15) is 26.0 Å². The molecule has 1 aliphatic heterocycles. The first-order chi connectivity index (χ1) is 14.0. The summed E-state index contributed by atoms with van der Waals surface area (Å²) in [7, 11) is -7.45. The first-order valence-corrected chi connectivity index (χ1v) is 12.7. The highest BCUT2D eigenvalue weighted by atomic mass is 32.2. The standard InChI is InChI=1S/C20H22FNO6S2/c1-13(2)28-19-6-4-3-5-18(19)22-20(23)16-11-14(7-8-17(16)21)30(26,27)15-9-10-29(24,25)12-15/h3-8,11,13,15H,9-10,12H2,1-2H3,(H,22,23)/t15-/m0/s1. The molecule has 7 nitrogen and oxygen atoms in total. The molecule has 1 atom stereocenters. The molecule has 162 valence electrons. The summed E-state index contributed by atoms with van der Waals surface area (Å²) < 4.78 is 68.9. The molecular weight excluding hydrogens is 433 g/mol. The Morgan fingerprint density at radius 3 is 2.53 bits per heavy atom. The first-order valence-electron chi connectivity index (χ1n) is 9.30. The molecule has 1 amide bonds. The van der Waals surface area contributed by atoms with Crippen LogP contribution in [-0.4, -0.2) is 45.6 Å². The minimum atomic E-state index is -4.03. The maximum absolute atomic E-state index is 14.3. The molecule has 1 saturated heterocycles. The predicted octanol–water partition coefficient (Wildman–Crippen LogP) is 2.83. The van der Waals surface area contributed by atoms with E-state index in [1.165, 1.54) is 0 Å². The van der Waals surface area contributed by atoms with Crippen LogP contribution in [0.5, 0.6) is 5.75 Å². The second-order valence-electron chi connectivity index (χ2n) is 7.33. The highest BCUT2D eigenvalue weighted by Gasteiger charge is 2.38. The van der Waals surface area contributed by atoms with Gasteiger partial charge in [0.05, 0.1) is 39.0 Å². The third kappa shape index (κ3) is 4.81. The molecule has 3 rings (SSSR count).